The van der Waals surface area contributed by atoms with Gasteiger partial charge in [0.15, 0.2) is 0 Å². The maximum atomic E-state index is 13.7. The zero-order chi connectivity index (χ0) is 22.9. The second kappa shape index (κ2) is 8.58. The average Bonchev–Trinajstić information content (AvgIpc) is 3.24. The molecule has 0 spiro atoms. The summed E-state index contributed by atoms with van der Waals surface area (Å²) < 4.78 is 11.0. The maximum absolute atomic E-state index is 13.7. The molecule has 0 N–H and O–H groups in total. The van der Waals surface area contributed by atoms with Crippen molar-refractivity contribution in [3.05, 3.63) is 71.4 Å². The molecule has 168 valence electrons. The lowest BCUT2D eigenvalue weighted by Crippen LogP contribution is -2.49. The van der Waals surface area contributed by atoms with Crippen LogP contribution in [0, 0.1) is 13.8 Å². The number of anilines is 1. The van der Waals surface area contributed by atoms with Crippen LogP contribution in [0.4, 0.5) is 5.69 Å². The Labute approximate surface area is 192 Å². The maximum Gasteiger partial charge on any atom is 0.259 e. The summed E-state index contributed by atoms with van der Waals surface area (Å²) in [5, 5.41) is 4.76. The average molecular weight is 443 g/mol. The predicted octanol–water partition coefficient (Wildman–Crippen LogP) is 4.48. The SMILES string of the molecule is COc1ccccc1N1CCN(C(=O)c2cc(-c3ccc(C)cc3)nc3onc(C)c23)CC1. The van der Waals surface area contributed by atoms with E-state index in [1.54, 1.807) is 7.11 Å². The fraction of sp³-hybridized carbons (Fsp3) is 0.269. The Hall–Kier alpha value is -3.87. The van der Waals surface area contributed by atoms with Crippen molar-refractivity contribution in [2.75, 3.05) is 38.2 Å². The molecule has 2 aromatic heterocycles. The molecule has 1 fully saturated rings. The molecule has 1 saturated heterocycles. The van der Waals surface area contributed by atoms with Crippen LogP contribution in [-0.4, -0.2) is 54.2 Å². The van der Waals surface area contributed by atoms with E-state index in [1.807, 2.05) is 67.3 Å². The minimum Gasteiger partial charge on any atom is -0.495 e. The van der Waals surface area contributed by atoms with E-state index in [4.69, 9.17) is 9.26 Å². The highest BCUT2D eigenvalue weighted by molar-refractivity contribution is 6.07. The van der Waals surface area contributed by atoms with Gasteiger partial charge in [-0.05, 0) is 32.0 Å². The largest absolute Gasteiger partial charge is 0.495 e. The van der Waals surface area contributed by atoms with Gasteiger partial charge in [-0.15, -0.1) is 0 Å². The van der Waals surface area contributed by atoms with Gasteiger partial charge in [0.25, 0.3) is 11.6 Å². The molecule has 1 amide bonds. The number of carbonyl (C=O) groups excluding carboxylic acids is 1. The molecule has 1 aliphatic heterocycles. The smallest absolute Gasteiger partial charge is 0.259 e. The number of para-hydroxylation sites is 2. The van der Waals surface area contributed by atoms with Crippen LogP contribution in [0.25, 0.3) is 22.4 Å². The van der Waals surface area contributed by atoms with Crippen molar-refractivity contribution in [3.63, 3.8) is 0 Å². The third-order valence-corrected chi connectivity index (χ3v) is 6.19. The minimum absolute atomic E-state index is 0.0262. The molecule has 7 nitrogen and oxygen atoms in total. The number of methoxy groups -OCH3 is 1. The summed E-state index contributed by atoms with van der Waals surface area (Å²) in [7, 11) is 1.68. The molecule has 0 saturated carbocycles. The standard InChI is InChI=1S/C26H26N4O3/c1-17-8-10-19(11-9-17)21-16-20(24-18(2)28-33-25(24)27-21)26(31)30-14-12-29(13-15-30)22-6-4-5-7-23(22)32-3/h4-11,16H,12-15H2,1-3H3. The molecule has 0 aliphatic carbocycles. The van der Waals surface area contributed by atoms with Crippen molar-refractivity contribution < 1.29 is 14.1 Å². The Kier molecular flexibility index (Phi) is 5.46. The van der Waals surface area contributed by atoms with Gasteiger partial charge in [0.2, 0.25) is 0 Å². The quantitative estimate of drug-likeness (QED) is 0.464. The van der Waals surface area contributed by atoms with E-state index in [9.17, 15) is 4.79 Å². The molecular weight excluding hydrogens is 416 g/mol. The summed E-state index contributed by atoms with van der Waals surface area (Å²) >= 11 is 0. The van der Waals surface area contributed by atoms with Crippen molar-refractivity contribution >= 4 is 22.7 Å². The molecular formula is C26H26N4O3. The molecule has 2 aromatic carbocycles. The minimum atomic E-state index is -0.0262. The van der Waals surface area contributed by atoms with Crippen molar-refractivity contribution in [1.29, 1.82) is 0 Å². The highest BCUT2D eigenvalue weighted by atomic mass is 16.5. The number of hydrogen-bond donors (Lipinski definition) is 0. The van der Waals surface area contributed by atoms with Crippen molar-refractivity contribution in [3.8, 4) is 17.0 Å². The van der Waals surface area contributed by atoms with Crippen LogP contribution in [0.15, 0.2) is 59.1 Å². The van der Waals surface area contributed by atoms with Crippen molar-refractivity contribution in [2.24, 2.45) is 0 Å². The second-order valence-corrected chi connectivity index (χ2v) is 8.32. The summed E-state index contributed by atoms with van der Waals surface area (Å²) in [5.41, 5.74) is 5.50. The number of hydrogen-bond acceptors (Lipinski definition) is 6. The van der Waals surface area contributed by atoms with E-state index < -0.39 is 0 Å². The van der Waals surface area contributed by atoms with Gasteiger partial charge >= 0.3 is 0 Å². The first-order chi connectivity index (χ1) is 16.0. The van der Waals surface area contributed by atoms with Crippen LogP contribution < -0.4 is 9.64 Å². The Balaban J connectivity index is 1.44. The molecule has 3 heterocycles. The van der Waals surface area contributed by atoms with E-state index in [-0.39, 0.29) is 5.91 Å². The van der Waals surface area contributed by atoms with Crippen LogP contribution in [-0.2, 0) is 0 Å². The van der Waals surface area contributed by atoms with Crippen LogP contribution >= 0.6 is 0 Å². The second-order valence-electron chi connectivity index (χ2n) is 8.32. The number of benzene rings is 2. The topological polar surface area (TPSA) is 71.7 Å². The van der Waals surface area contributed by atoms with Gasteiger partial charge in [-0.3, -0.25) is 4.79 Å². The van der Waals surface area contributed by atoms with Gasteiger partial charge < -0.3 is 19.1 Å². The monoisotopic (exact) mass is 442 g/mol. The molecule has 7 heteroatoms. The lowest BCUT2D eigenvalue weighted by atomic mass is 10.0. The lowest BCUT2D eigenvalue weighted by Gasteiger charge is -2.36. The molecule has 0 bridgehead atoms. The number of piperazine rings is 1. The third kappa shape index (κ3) is 3.91. The molecule has 1 aliphatic rings. The van der Waals surface area contributed by atoms with Gasteiger partial charge in [-0.2, -0.15) is 0 Å². The highest BCUT2D eigenvalue weighted by Crippen LogP contribution is 2.30. The van der Waals surface area contributed by atoms with Crippen LogP contribution in [0.2, 0.25) is 0 Å². The number of fused-ring (bicyclic) bond motifs is 1. The van der Waals surface area contributed by atoms with E-state index >= 15 is 0 Å². The summed E-state index contributed by atoms with van der Waals surface area (Å²) in [6.07, 6.45) is 0. The summed E-state index contributed by atoms with van der Waals surface area (Å²) in [5.74, 6) is 0.817. The number of pyridine rings is 1. The number of aryl methyl sites for hydroxylation is 2. The fourth-order valence-corrected chi connectivity index (χ4v) is 4.35. The van der Waals surface area contributed by atoms with Crippen molar-refractivity contribution in [2.45, 2.75) is 13.8 Å². The molecule has 0 atom stereocenters. The Bertz CT molecular complexity index is 1310. The zero-order valence-electron chi connectivity index (χ0n) is 19.0. The number of amides is 1. The van der Waals surface area contributed by atoms with E-state index in [0.29, 0.717) is 41.1 Å². The highest BCUT2D eigenvalue weighted by Gasteiger charge is 2.27. The van der Waals surface area contributed by atoms with Gasteiger partial charge in [0.1, 0.15) is 5.75 Å². The number of aromatic nitrogens is 2. The first-order valence-electron chi connectivity index (χ1n) is 11.1. The first-order valence-corrected chi connectivity index (χ1v) is 11.1. The Morgan fingerprint density at radius 2 is 1.73 bits per heavy atom. The van der Waals surface area contributed by atoms with Crippen LogP contribution in [0.3, 0.4) is 0 Å². The predicted molar refractivity (Wildman–Crippen MR) is 128 cm³/mol. The number of carbonyl (C=O) groups is 1. The number of nitrogens with zero attached hydrogens (tertiary/aromatic N) is 4. The zero-order valence-corrected chi connectivity index (χ0v) is 19.0. The van der Waals surface area contributed by atoms with Gasteiger partial charge in [0.05, 0.1) is 35.1 Å². The summed E-state index contributed by atoms with van der Waals surface area (Å²) in [6.45, 7) is 6.58. The van der Waals surface area contributed by atoms with Crippen LogP contribution in [0.1, 0.15) is 21.6 Å². The molecule has 4 aromatic rings. The summed E-state index contributed by atoms with van der Waals surface area (Å²) in [6, 6.07) is 17.9. The van der Waals surface area contributed by atoms with Gasteiger partial charge in [-0.25, -0.2) is 4.98 Å². The first kappa shape index (κ1) is 21.0. The van der Waals surface area contributed by atoms with Crippen molar-refractivity contribution in [1.82, 2.24) is 15.0 Å². The summed E-state index contributed by atoms with van der Waals surface area (Å²) in [4.78, 5) is 22.4. The van der Waals surface area contributed by atoms with Gasteiger partial charge in [0, 0.05) is 31.7 Å². The lowest BCUT2D eigenvalue weighted by molar-refractivity contribution is 0.0748. The molecule has 0 radical (unpaired) electrons. The van der Waals surface area contributed by atoms with E-state index in [1.165, 1.54) is 5.56 Å². The van der Waals surface area contributed by atoms with Crippen LogP contribution in [0.5, 0.6) is 5.75 Å². The van der Waals surface area contributed by atoms with Gasteiger partial charge in [-0.1, -0.05) is 47.1 Å². The third-order valence-electron chi connectivity index (χ3n) is 6.19. The van der Waals surface area contributed by atoms with E-state index in [0.717, 1.165) is 30.1 Å². The number of ether oxygens (including phenoxy) is 1. The van der Waals surface area contributed by atoms with E-state index in [2.05, 4.69) is 21.1 Å². The number of rotatable bonds is 4. The Morgan fingerprint density at radius 3 is 2.45 bits per heavy atom. The molecule has 33 heavy (non-hydrogen) atoms. The fourth-order valence-electron chi connectivity index (χ4n) is 4.35. The molecule has 0 unspecified atom stereocenters. The normalized spacial score (nSPS) is 14.0. The molecule has 5 rings (SSSR count). The Morgan fingerprint density at radius 1 is 1.00 bits per heavy atom.